The van der Waals surface area contributed by atoms with Crippen molar-refractivity contribution in [1.82, 2.24) is 30.4 Å². The molecule has 18 heavy (non-hydrogen) atoms. The summed E-state index contributed by atoms with van der Waals surface area (Å²) in [6.45, 7) is 4.28. The van der Waals surface area contributed by atoms with E-state index in [0.717, 1.165) is 25.3 Å². The Morgan fingerprint density at radius 1 is 1.50 bits per heavy atom. The molecule has 2 atom stereocenters. The van der Waals surface area contributed by atoms with Crippen LogP contribution in [-0.4, -0.2) is 68.8 Å². The molecule has 1 aliphatic rings. The summed E-state index contributed by atoms with van der Waals surface area (Å²) >= 11 is 2.03. The third-order valence-corrected chi connectivity index (χ3v) is 4.37. The number of likely N-dealkylation sites (N-methyl/N-ethyl adjacent to an activating group) is 2. The van der Waals surface area contributed by atoms with E-state index >= 15 is 0 Å². The highest BCUT2D eigenvalue weighted by atomic mass is 32.2. The fraction of sp³-hybridized carbons (Fsp3) is 0.909. The molecule has 6 nitrogen and oxygen atoms in total. The Morgan fingerprint density at radius 2 is 2.33 bits per heavy atom. The monoisotopic (exact) mass is 270 g/mol. The summed E-state index contributed by atoms with van der Waals surface area (Å²) in [6.07, 6.45) is 0.844. The molecule has 0 aromatic carbocycles. The van der Waals surface area contributed by atoms with Crippen molar-refractivity contribution in [2.45, 2.75) is 25.4 Å². The second-order valence-corrected chi connectivity index (χ2v) is 5.84. The average Bonchev–Trinajstić information content (AvgIpc) is 2.75. The Labute approximate surface area is 112 Å². The number of nitrogens with one attached hydrogen (secondary N) is 1. The van der Waals surface area contributed by atoms with Crippen molar-refractivity contribution < 1.29 is 0 Å². The van der Waals surface area contributed by atoms with Crippen molar-refractivity contribution in [3.63, 3.8) is 0 Å². The molecule has 1 fully saturated rings. The van der Waals surface area contributed by atoms with Crippen LogP contribution in [0.5, 0.6) is 0 Å². The van der Waals surface area contributed by atoms with Crippen molar-refractivity contribution in [1.29, 1.82) is 0 Å². The minimum Gasteiger partial charge on any atom is -0.312 e. The fourth-order valence-electron chi connectivity index (χ4n) is 2.34. The van der Waals surface area contributed by atoms with Gasteiger partial charge in [-0.15, -0.1) is 10.2 Å². The van der Waals surface area contributed by atoms with Gasteiger partial charge in [-0.25, -0.2) is 0 Å². The van der Waals surface area contributed by atoms with E-state index in [0.29, 0.717) is 12.1 Å². The number of aryl methyl sites for hydroxylation is 1. The second kappa shape index (κ2) is 6.49. The van der Waals surface area contributed by atoms with Gasteiger partial charge in [0.15, 0.2) is 5.82 Å². The van der Waals surface area contributed by atoms with E-state index in [1.54, 1.807) is 7.05 Å². The van der Waals surface area contributed by atoms with Gasteiger partial charge in [0.05, 0.1) is 7.05 Å². The summed E-state index contributed by atoms with van der Waals surface area (Å²) in [7, 11) is 4.01. The van der Waals surface area contributed by atoms with Crippen LogP contribution in [0.25, 0.3) is 0 Å². The zero-order valence-electron chi connectivity index (χ0n) is 11.3. The summed E-state index contributed by atoms with van der Waals surface area (Å²) < 4.78 is 0. The van der Waals surface area contributed by atoms with Crippen LogP contribution in [0.1, 0.15) is 12.7 Å². The highest BCUT2D eigenvalue weighted by molar-refractivity contribution is 7.99. The maximum atomic E-state index is 4.28. The number of aromatic nitrogens is 4. The third kappa shape index (κ3) is 3.43. The normalized spacial score (nSPS) is 23.2. The molecule has 1 N–H and O–H groups in total. The molecule has 2 heterocycles. The summed E-state index contributed by atoms with van der Waals surface area (Å²) in [5.74, 6) is 3.23. The Morgan fingerprint density at radius 3 is 2.94 bits per heavy atom. The fourth-order valence-corrected chi connectivity index (χ4v) is 3.65. The van der Waals surface area contributed by atoms with E-state index in [2.05, 4.69) is 39.6 Å². The van der Waals surface area contributed by atoms with Crippen molar-refractivity contribution >= 4 is 11.8 Å². The summed E-state index contributed by atoms with van der Waals surface area (Å²) in [5.41, 5.74) is 0. The number of nitrogens with zero attached hydrogens (tertiary/aromatic N) is 5. The highest BCUT2D eigenvalue weighted by Crippen LogP contribution is 2.18. The zero-order chi connectivity index (χ0) is 13.0. The first-order valence-corrected chi connectivity index (χ1v) is 7.60. The Kier molecular flexibility index (Phi) is 4.96. The minimum atomic E-state index is 0.400. The summed E-state index contributed by atoms with van der Waals surface area (Å²) in [5, 5.41) is 15.8. The molecule has 0 spiro atoms. The van der Waals surface area contributed by atoms with Crippen LogP contribution < -0.4 is 5.32 Å². The standard InChI is InChI=1S/C11H22N6S/c1-4-12-9(7-11-13-15-17(3)14-11)10-8-18-6-5-16(10)2/h9-10,12H,4-8H2,1-3H3. The van der Waals surface area contributed by atoms with Crippen LogP contribution >= 0.6 is 11.8 Å². The Balaban J connectivity index is 2.02. The average molecular weight is 270 g/mol. The van der Waals surface area contributed by atoms with E-state index in [4.69, 9.17) is 0 Å². The highest BCUT2D eigenvalue weighted by Gasteiger charge is 2.28. The Bertz CT molecular complexity index is 368. The maximum Gasteiger partial charge on any atom is 0.176 e. The molecule has 1 aromatic rings. The van der Waals surface area contributed by atoms with Crippen LogP contribution in [0.4, 0.5) is 0 Å². The molecule has 2 rings (SSSR count). The van der Waals surface area contributed by atoms with E-state index in [9.17, 15) is 0 Å². The van der Waals surface area contributed by atoms with Gasteiger partial charge in [-0.3, -0.25) is 0 Å². The molecule has 0 aliphatic carbocycles. The van der Waals surface area contributed by atoms with Crippen LogP contribution in [-0.2, 0) is 13.5 Å². The van der Waals surface area contributed by atoms with Crippen molar-refractivity contribution in [3.8, 4) is 0 Å². The van der Waals surface area contributed by atoms with Gasteiger partial charge in [0.25, 0.3) is 0 Å². The zero-order valence-corrected chi connectivity index (χ0v) is 12.2. The predicted octanol–water partition coefficient (Wildman–Crippen LogP) is -0.222. The third-order valence-electron chi connectivity index (χ3n) is 3.33. The molecular weight excluding hydrogens is 248 g/mol. The molecule has 1 aromatic heterocycles. The van der Waals surface area contributed by atoms with Crippen LogP contribution in [0.3, 0.4) is 0 Å². The SMILES string of the molecule is CCNC(Cc1nnn(C)n1)C1CSCCN1C. The first kappa shape index (κ1) is 13.8. The topological polar surface area (TPSA) is 58.9 Å². The molecular formula is C11H22N6S. The lowest BCUT2D eigenvalue weighted by molar-refractivity contribution is 0.213. The smallest absolute Gasteiger partial charge is 0.176 e. The van der Waals surface area contributed by atoms with Gasteiger partial charge < -0.3 is 10.2 Å². The van der Waals surface area contributed by atoms with Gasteiger partial charge in [0.1, 0.15) is 0 Å². The molecule has 0 amide bonds. The molecule has 0 radical (unpaired) electrons. The minimum absolute atomic E-state index is 0.400. The van der Waals surface area contributed by atoms with E-state index < -0.39 is 0 Å². The molecule has 7 heteroatoms. The number of tetrazole rings is 1. The van der Waals surface area contributed by atoms with Gasteiger partial charge in [-0.2, -0.15) is 16.6 Å². The molecule has 102 valence electrons. The van der Waals surface area contributed by atoms with Gasteiger partial charge in [-0.1, -0.05) is 6.92 Å². The summed E-state index contributed by atoms with van der Waals surface area (Å²) in [6, 6.07) is 0.949. The molecule has 0 bridgehead atoms. The van der Waals surface area contributed by atoms with Crippen molar-refractivity contribution in [2.24, 2.45) is 7.05 Å². The number of thioether (sulfide) groups is 1. The molecule has 1 saturated heterocycles. The van der Waals surface area contributed by atoms with E-state index in [1.807, 2.05) is 11.8 Å². The van der Waals surface area contributed by atoms with Crippen LogP contribution in [0.2, 0.25) is 0 Å². The summed E-state index contributed by atoms with van der Waals surface area (Å²) in [4.78, 5) is 3.97. The molecule has 0 saturated carbocycles. The predicted molar refractivity (Wildman–Crippen MR) is 73.7 cm³/mol. The van der Waals surface area contributed by atoms with Gasteiger partial charge >= 0.3 is 0 Å². The number of hydrogen-bond acceptors (Lipinski definition) is 6. The first-order valence-electron chi connectivity index (χ1n) is 6.45. The largest absolute Gasteiger partial charge is 0.312 e. The quantitative estimate of drug-likeness (QED) is 0.798. The first-order chi connectivity index (χ1) is 8.70. The molecule has 2 unspecified atom stereocenters. The van der Waals surface area contributed by atoms with Gasteiger partial charge in [-0.05, 0) is 18.8 Å². The van der Waals surface area contributed by atoms with Crippen LogP contribution in [0, 0.1) is 0 Å². The Hall–Kier alpha value is -0.660. The van der Waals surface area contributed by atoms with Gasteiger partial charge in [0.2, 0.25) is 0 Å². The van der Waals surface area contributed by atoms with Crippen molar-refractivity contribution in [3.05, 3.63) is 5.82 Å². The van der Waals surface area contributed by atoms with Crippen LogP contribution in [0.15, 0.2) is 0 Å². The maximum absolute atomic E-state index is 4.28. The van der Waals surface area contributed by atoms with E-state index in [1.165, 1.54) is 16.3 Å². The van der Waals surface area contributed by atoms with Crippen molar-refractivity contribution in [2.75, 3.05) is 31.6 Å². The lowest BCUT2D eigenvalue weighted by Crippen LogP contribution is -2.53. The lowest BCUT2D eigenvalue weighted by Gasteiger charge is -2.37. The number of hydrogen-bond donors (Lipinski definition) is 1. The second-order valence-electron chi connectivity index (χ2n) is 4.69. The number of rotatable bonds is 5. The van der Waals surface area contributed by atoms with Gasteiger partial charge in [0, 0.05) is 36.6 Å². The lowest BCUT2D eigenvalue weighted by atomic mass is 10.0. The van der Waals surface area contributed by atoms with E-state index in [-0.39, 0.29) is 0 Å². The molecule has 1 aliphatic heterocycles.